The Labute approximate surface area is 180 Å². The Morgan fingerprint density at radius 1 is 1.14 bits per heavy atom. The van der Waals surface area contributed by atoms with Gasteiger partial charge in [-0.25, -0.2) is 0 Å². The van der Waals surface area contributed by atoms with Crippen molar-refractivity contribution in [2.24, 2.45) is 0 Å². The van der Waals surface area contributed by atoms with Crippen LogP contribution in [-0.4, -0.2) is 34.0 Å². The zero-order valence-electron chi connectivity index (χ0n) is 15.9. The molecule has 0 aliphatic heterocycles. The molecule has 0 spiro atoms. The largest absolute Gasteiger partial charge is 0.497 e. The van der Waals surface area contributed by atoms with E-state index in [9.17, 15) is 0 Å². The van der Waals surface area contributed by atoms with Crippen molar-refractivity contribution in [2.45, 2.75) is 22.9 Å². The highest BCUT2D eigenvalue weighted by atomic mass is 32.2. The van der Waals surface area contributed by atoms with Crippen molar-refractivity contribution in [3.05, 3.63) is 52.5 Å². The molecule has 1 atom stereocenters. The molecule has 0 amide bonds. The van der Waals surface area contributed by atoms with E-state index in [1.54, 1.807) is 30.2 Å². The molecule has 150 valence electrons. The van der Waals surface area contributed by atoms with E-state index in [2.05, 4.69) is 43.2 Å². The van der Waals surface area contributed by atoms with Crippen LogP contribution in [0, 0.1) is 0 Å². The summed E-state index contributed by atoms with van der Waals surface area (Å²) in [5, 5.41) is 23.0. The maximum Gasteiger partial charge on any atom is 0.247 e. The molecule has 1 aromatic carbocycles. The van der Waals surface area contributed by atoms with E-state index in [1.165, 1.54) is 16.2 Å². The number of aromatic nitrogens is 4. The highest BCUT2D eigenvalue weighted by Crippen LogP contribution is 2.37. The van der Waals surface area contributed by atoms with Crippen LogP contribution in [-0.2, 0) is 6.42 Å². The molecular formula is C19H19N5O2S3. The Morgan fingerprint density at radius 2 is 2.00 bits per heavy atom. The van der Waals surface area contributed by atoms with Crippen LogP contribution in [0.4, 0.5) is 5.13 Å². The molecule has 3 aromatic heterocycles. The lowest BCUT2D eigenvalue weighted by Crippen LogP contribution is -2.03. The molecule has 0 saturated heterocycles. The Balaban J connectivity index is 1.32. The van der Waals surface area contributed by atoms with Gasteiger partial charge in [0.05, 0.1) is 12.4 Å². The highest BCUT2D eigenvalue weighted by molar-refractivity contribution is 8.01. The standard InChI is InChI=1S/C19H19N5O2S3/c1-12(16-21-22-17(26-16)13-5-7-14(25-2)8-6-13)28-19-24-23-18(29-19)20-10-9-15-4-3-11-27-15/h3-8,11-12H,9-10H2,1-2H3,(H,20,23). The molecule has 4 aromatic rings. The van der Waals surface area contributed by atoms with Gasteiger partial charge in [0, 0.05) is 17.0 Å². The van der Waals surface area contributed by atoms with Crippen LogP contribution < -0.4 is 10.1 Å². The van der Waals surface area contributed by atoms with E-state index in [0.29, 0.717) is 11.8 Å². The third kappa shape index (κ3) is 5.14. The molecule has 0 radical (unpaired) electrons. The molecule has 0 bridgehead atoms. The molecule has 7 nitrogen and oxygen atoms in total. The molecule has 0 aliphatic carbocycles. The third-order valence-electron chi connectivity index (χ3n) is 4.04. The first-order valence-corrected chi connectivity index (χ1v) is 11.5. The summed E-state index contributed by atoms with van der Waals surface area (Å²) in [6.07, 6.45) is 0.978. The number of ether oxygens (including phenoxy) is 1. The first-order chi connectivity index (χ1) is 14.2. The number of methoxy groups -OCH3 is 1. The number of hydrogen-bond donors (Lipinski definition) is 1. The normalized spacial score (nSPS) is 12.1. The summed E-state index contributed by atoms with van der Waals surface area (Å²) in [5.74, 6) is 1.83. The fourth-order valence-electron chi connectivity index (χ4n) is 2.53. The number of hydrogen-bond acceptors (Lipinski definition) is 10. The second kappa shape index (κ2) is 9.38. The first-order valence-electron chi connectivity index (χ1n) is 8.95. The van der Waals surface area contributed by atoms with Gasteiger partial charge in [-0.2, -0.15) is 0 Å². The molecule has 3 heterocycles. The lowest BCUT2D eigenvalue weighted by Gasteiger charge is -2.03. The zero-order valence-corrected chi connectivity index (χ0v) is 18.3. The Morgan fingerprint density at radius 3 is 2.76 bits per heavy atom. The lowest BCUT2D eigenvalue weighted by molar-refractivity contribution is 0.415. The molecule has 29 heavy (non-hydrogen) atoms. The average molecular weight is 446 g/mol. The van der Waals surface area contributed by atoms with Gasteiger partial charge in [-0.1, -0.05) is 29.2 Å². The zero-order chi connectivity index (χ0) is 20.1. The number of benzene rings is 1. The number of rotatable bonds is 9. The number of thioether (sulfide) groups is 1. The molecule has 4 rings (SSSR count). The van der Waals surface area contributed by atoms with Gasteiger partial charge < -0.3 is 14.5 Å². The number of thiophene rings is 1. The van der Waals surface area contributed by atoms with Gasteiger partial charge in [0.1, 0.15) is 5.75 Å². The van der Waals surface area contributed by atoms with E-state index in [-0.39, 0.29) is 5.25 Å². The smallest absolute Gasteiger partial charge is 0.247 e. The molecule has 10 heteroatoms. The number of nitrogens with zero attached hydrogens (tertiary/aromatic N) is 4. The van der Waals surface area contributed by atoms with Crippen molar-refractivity contribution >= 4 is 39.6 Å². The van der Waals surface area contributed by atoms with E-state index < -0.39 is 0 Å². The topological polar surface area (TPSA) is 86.0 Å². The number of anilines is 1. The van der Waals surface area contributed by atoms with Crippen molar-refractivity contribution in [3.8, 4) is 17.2 Å². The van der Waals surface area contributed by atoms with Crippen LogP contribution in [0.3, 0.4) is 0 Å². The van der Waals surface area contributed by atoms with Crippen LogP contribution >= 0.6 is 34.4 Å². The summed E-state index contributed by atoms with van der Waals surface area (Å²) in [6.45, 7) is 2.85. The van der Waals surface area contributed by atoms with Gasteiger partial charge >= 0.3 is 0 Å². The fourth-order valence-corrected chi connectivity index (χ4v) is 5.19. The van der Waals surface area contributed by atoms with E-state index in [1.807, 2.05) is 31.2 Å². The van der Waals surface area contributed by atoms with Crippen LogP contribution in [0.2, 0.25) is 0 Å². The van der Waals surface area contributed by atoms with Crippen molar-refractivity contribution in [1.82, 2.24) is 20.4 Å². The molecule has 0 fully saturated rings. The summed E-state index contributed by atoms with van der Waals surface area (Å²) < 4.78 is 11.9. The average Bonchev–Trinajstić information content (AvgIpc) is 3.50. The van der Waals surface area contributed by atoms with Crippen molar-refractivity contribution < 1.29 is 9.15 Å². The van der Waals surface area contributed by atoms with Crippen molar-refractivity contribution in [2.75, 3.05) is 19.0 Å². The predicted molar refractivity (Wildman–Crippen MR) is 117 cm³/mol. The minimum atomic E-state index is -0.0265. The summed E-state index contributed by atoms with van der Waals surface area (Å²) in [4.78, 5) is 1.36. The van der Waals surface area contributed by atoms with Crippen LogP contribution in [0.25, 0.3) is 11.5 Å². The Bertz CT molecular complexity index is 1030. The van der Waals surface area contributed by atoms with Crippen LogP contribution in [0.5, 0.6) is 5.75 Å². The Hall–Kier alpha value is -2.43. The summed E-state index contributed by atoms with van der Waals surface area (Å²) in [7, 11) is 1.64. The minimum absolute atomic E-state index is 0.0265. The highest BCUT2D eigenvalue weighted by Gasteiger charge is 2.18. The van der Waals surface area contributed by atoms with Crippen LogP contribution in [0.1, 0.15) is 22.9 Å². The van der Waals surface area contributed by atoms with E-state index in [0.717, 1.165) is 33.7 Å². The minimum Gasteiger partial charge on any atom is -0.497 e. The summed E-state index contributed by atoms with van der Waals surface area (Å²) in [6, 6.07) is 11.7. The van der Waals surface area contributed by atoms with Gasteiger partial charge in [0.2, 0.25) is 16.9 Å². The van der Waals surface area contributed by atoms with Gasteiger partial charge in [-0.05, 0) is 49.1 Å². The van der Waals surface area contributed by atoms with Gasteiger partial charge in [-0.3, -0.25) is 0 Å². The molecular weight excluding hydrogens is 426 g/mol. The fraction of sp³-hybridized carbons (Fsp3) is 0.263. The number of nitrogens with one attached hydrogen (secondary N) is 1. The quantitative estimate of drug-likeness (QED) is 0.353. The third-order valence-corrected chi connectivity index (χ3v) is 7.03. The van der Waals surface area contributed by atoms with Gasteiger partial charge in [0.15, 0.2) is 4.34 Å². The van der Waals surface area contributed by atoms with Crippen molar-refractivity contribution in [1.29, 1.82) is 0 Å². The van der Waals surface area contributed by atoms with Gasteiger partial charge in [0.25, 0.3) is 0 Å². The molecule has 0 aliphatic rings. The molecule has 1 N–H and O–H groups in total. The SMILES string of the molecule is COc1ccc(-c2nnc(C(C)Sc3nnc(NCCc4cccs4)s3)o2)cc1. The Kier molecular flexibility index (Phi) is 6.43. The van der Waals surface area contributed by atoms with Gasteiger partial charge in [-0.15, -0.1) is 31.7 Å². The molecule has 1 unspecified atom stereocenters. The van der Waals surface area contributed by atoms with E-state index in [4.69, 9.17) is 9.15 Å². The maximum atomic E-state index is 5.85. The van der Waals surface area contributed by atoms with Crippen molar-refractivity contribution in [3.63, 3.8) is 0 Å². The summed E-state index contributed by atoms with van der Waals surface area (Å²) in [5.41, 5.74) is 0.856. The first kappa shape index (κ1) is 19.9. The monoisotopic (exact) mass is 445 g/mol. The second-order valence-corrected chi connectivity index (χ2v) is 9.66. The predicted octanol–water partition coefficient (Wildman–Crippen LogP) is 5.17. The molecule has 0 saturated carbocycles. The maximum absolute atomic E-state index is 5.85. The van der Waals surface area contributed by atoms with E-state index >= 15 is 0 Å². The lowest BCUT2D eigenvalue weighted by atomic mass is 10.2. The van der Waals surface area contributed by atoms with Crippen LogP contribution in [0.15, 0.2) is 50.5 Å². The second-order valence-electron chi connectivity index (χ2n) is 6.06. The summed E-state index contributed by atoms with van der Waals surface area (Å²) >= 11 is 4.85.